The van der Waals surface area contributed by atoms with Crippen LogP contribution in [0.15, 0.2) is 18.2 Å². The predicted molar refractivity (Wildman–Crippen MR) is 70.7 cm³/mol. The van der Waals surface area contributed by atoms with Gasteiger partial charge < -0.3 is 14.7 Å². The molecule has 1 fully saturated rings. The van der Waals surface area contributed by atoms with Gasteiger partial charge in [-0.15, -0.1) is 0 Å². The molecule has 0 radical (unpaired) electrons. The monoisotopic (exact) mass is 269 g/mol. The molecule has 0 atom stereocenters. The van der Waals surface area contributed by atoms with Gasteiger partial charge in [0.1, 0.15) is 5.56 Å². The maximum atomic E-state index is 11.3. The highest BCUT2D eigenvalue weighted by atomic mass is 35.5. The molecular weight excluding hydrogens is 254 g/mol. The summed E-state index contributed by atoms with van der Waals surface area (Å²) in [6.45, 7) is 1.25. The Morgan fingerprint density at radius 1 is 1.56 bits per heavy atom. The van der Waals surface area contributed by atoms with Crippen LogP contribution in [0.1, 0.15) is 23.2 Å². The Morgan fingerprint density at radius 3 is 2.83 bits per heavy atom. The van der Waals surface area contributed by atoms with Crippen LogP contribution in [-0.2, 0) is 4.74 Å². The molecule has 1 aromatic rings. The van der Waals surface area contributed by atoms with Gasteiger partial charge in [-0.3, -0.25) is 0 Å². The fraction of sp³-hybridized carbons (Fsp3) is 0.462. The molecule has 1 aliphatic rings. The second kappa shape index (κ2) is 5.59. The van der Waals surface area contributed by atoms with Gasteiger partial charge in [-0.1, -0.05) is 17.7 Å². The van der Waals surface area contributed by atoms with Crippen molar-refractivity contribution in [2.45, 2.75) is 18.9 Å². The molecule has 5 heteroatoms. The third-order valence-corrected chi connectivity index (χ3v) is 3.35. The topological polar surface area (TPSA) is 49.8 Å². The lowest BCUT2D eigenvalue weighted by atomic mass is 10.1. The average Bonchev–Trinajstić information content (AvgIpc) is 3.13. The van der Waals surface area contributed by atoms with E-state index in [1.54, 1.807) is 19.2 Å². The highest BCUT2D eigenvalue weighted by molar-refractivity contribution is 6.34. The number of carboxylic acids is 1. The summed E-state index contributed by atoms with van der Waals surface area (Å²) in [5, 5.41) is 9.56. The number of hydrogen-bond acceptors (Lipinski definition) is 3. The molecule has 2 rings (SSSR count). The first-order valence-electron chi connectivity index (χ1n) is 5.92. The Balaban J connectivity index is 2.34. The minimum atomic E-state index is -0.987. The van der Waals surface area contributed by atoms with Crippen molar-refractivity contribution < 1.29 is 14.6 Å². The van der Waals surface area contributed by atoms with Crippen molar-refractivity contribution in [3.63, 3.8) is 0 Å². The van der Waals surface area contributed by atoms with Gasteiger partial charge in [-0.25, -0.2) is 4.79 Å². The summed E-state index contributed by atoms with van der Waals surface area (Å²) < 4.78 is 5.08. The normalized spacial score (nSPS) is 14.6. The number of rotatable bonds is 6. The molecule has 18 heavy (non-hydrogen) atoms. The van der Waals surface area contributed by atoms with Crippen molar-refractivity contribution in [3.05, 3.63) is 28.8 Å². The van der Waals surface area contributed by atoms with Crippen molar-refractivity contribution >= 4 is 23.3 Å². The quantitative estimate of drug-likeness (QED) is 0.863. The Morgan fingerprint density at radius 2 is 2.28 bits per heavy atom. The van der Waals surface area contributed by atoms with Gasteiger partial charge in [0.25, 0.3) is 0 Å². The Bertz CT molecular complexity index is 446. The summed E-state index contributed by atoms with van der Waals surface area (Å²) in [6.07, 6.45) is 2.19. The number of anilines is 1. The number of hydrogen-bond donors (Lipinski definition) is 1. The first-order valence-corrected chi connectivity index (χ1v) is 6.30. The smallest absolute Gasteiger partial charge is 0.339 e. The van der Waals surface area contributed by atoms with E-state index in [4.69, 9.17) is 16.3 Å². The Hall–Kier alpha value is -1.26. The van der Waals surface area contributed by atoms with Crippen molar-refractivity contribution in [1.82, 2.24) is 0 Å². The zero-order chi connectivity index (χ0) is 13.1. The van der Waals surface area contributed by atoms with E-state index in [0.29, 0.717) is 24.9 Å². The summed E-state index contributed by atoms with van der Waals surface area (Å²) >= 11 is 5.99. The fourth-order valence-electron chi connectivity index (χ4n) is 2.04. The van der Waals surface area contributed by atoms with Gasteiger partial charge >= 0.3 is 5.97 Å². The van der Waals surface area contributed by atoms with Crippen LogP contribution in [0.3, 0.4) is 0 Å². The number of halogens is 1. The van der Waals surface area contributed by atoms with Gasteiger partial charge in [0, 0.05) is 19.7 Å². The molecule has 1 aliphatic carbocycles. The highest BCUT2D eigenvalue weighted by Crippen LogP contribution is 2.35. The molecule has 0 aliphatic heterocycles. The molecule has 0 aromatic heterocycles. The molecule has 0 bridgehead atoms. The largest absolute Gasteiger partial charge is 0.478 e. The van der Waals surface area contributed by atoms with Gasteiger partial charge in [-0.05, 0) is 25.0 Å². The van der Waals surface area contributed by atoms with E-state index >= 15 is 0 Å². The molecule has 98 valence electrons. The molecule has 0 amide bonds. The zero-order valence-electron chi connectivity index (χ0n) is 10.2. The van der Waals surface area contributed by atoms with E-state index < -0.39 is 5.97 Å². The number of benzene rings is 1. The van der Waals surface area contributed by atoms with E-state index in [2.05, 4.69) is 4.90 Å². The van der Waals surface area contributed by atoms with Gasteiger partial charge in [-0.2, -0.15) is 0 Å². The first-order chi connectivity index (χ1) is 8.65. The summed E-state index contributed by atoms with van der Waals surface area (Å²) in [5.41, 5.74) is 0.872. The summed E-state index contributed by atoms with van der Waals surface area (Å²) in [5.74, 6) is -0.987. The molecule has 0 saturated heterocycles. The maximum Gasteiger partial charge on any atom is 0.339 e. The molecule has 1 aromatic carbocycles. The first kappa shape index (κ1) is 13.2. The fourth-order valence-corrected chi connectivity index (χ4v) is 2.29. The lowest BCUT2D eigenvalue weighted by Gasteiger charge is -2.26. The van der Waals surface area contributed by atoms with E-state index in [1.165, 1.54) is 0 Å². The summed E-state index contributed by atoms with van der Waals surface area (Å²) in [7, 11) is 1.64. The molecule has 0 heterocycles. The second-order valence-electron chi connectivity index (χ2n) is 4.36. The van der Waals surface area contributed by atoms with Crippen LogP contribution in [0.25, 0.3) is 0 Å². The molecular formula is C13H16ClNO3. The van der Waals surface area contributed by atoms with Gasteiger partial charge in [0.15, 0.2) is 0 Å². The van der Waals surface area contributed by atoms with Crippen LogP contribution >= 0.6 is 11.6 Å². The minimum absolute atomic E-state index is 0.183. The molecule has 4 nitrogen and oxygen atoms in total. The third-order valence-electron chi connectivity index (χ3n) is 3.04. The lowest BCUT2D eigenvalue weighted by Crippen LogP contribution is -2.31. The summed E-state index contributed by atoms with van der Waals surface area (Å²) in [4.78, 5) is 13.4. The Labute approximate surface area is 111 Å². The second-order valence-corrected chi connectivity index (χ2v) is 4.76. The van der Waals surface area contributed by atoms with Gasteiger partial charge in [0.05, 0.1) is 17.3 Å². The van der Waals surface area contributed by atoms with Crippen LogP contribution in [0.2, 0.25) is 5.02 Å². The SMILES string of the molecule is COCCN(c1cccc(Cl)c1C(=O)O)C1CC1. The number of nitrogens with zero attached hydrogens (tertiary/aromatic N) is 1. The standard InChI is InChI=1S/C13H16ClNO3/c1-18-8-7-15(9-5-6-9)11-4-2-3-10(14)12(11)13(16)17/h2-4,9H,5-8H2,1H3,(H,16,17). The predicted octanol–water partition coefficient (Wildman–Crippen LogP) is 2.65. The van der Waals surface area contributed by atoms with Crippen LogP contribution in [0.5, 0.6) is 0 Å². The van der Waals surface area contributed by atoms with E-state index in [1.807, 2.05) is 6.07 Å². The van der Waals surface area contributed by atoms with E-state index in [-0.39, 0.29) is 10.6 Å². The summed E-state index contributed by atoms with van der Waals surface area (Å²) in [6, 6.07) is 5.61. The molecule has 1 saturated carbocycles. The Kier molecular flexibility index (Phi) is 4.09. The van der Waals surface area contributed by atoms with Crippen molar-refractivity contribution in [3.8, 4) is 0 Å². The number of ether oxygens (including phenoxy) is 1. The van der Waals surface area contributed by atoms with Crippen molar-refractivity contribution in [2.75, 3.05) is 25.2 Å². The number of methoxy groups -OCH3 is 1. The van der Waals surface area contributed by atoms with Crippen LogP contribution in [-0.4, -0.2) is 37.4 Å². The maximum absolute atomic E-state index is 11.3. The zero-order valence-corrected chi connectivity index (χ0v) is 11.0. The lowest BCUT2D eigenvalue weighted by molar-refractivity contribution is 0.0697. The molecule has 1 N–H and O–H groups in total. The van der Waals surface area contributed by atoms with Crippen LogP contribution in [0, 0.1) is 0 Å². The highest BCUT2D eigenvalue weighted by Gasteiger charge is 2.31. The van der Waals surface area contributed by atoms with Crippen molar-refractivity contribution in [2.24, 2.45) is 0 Å². The average molecular weight is 270 g/mol. The minimum Gasteiger partial charge on any atom is -0.478 e. The third kappa shape index (κ3) is 2.76. The number of carboxylic acid groups (broad SMARTS) is 1. The molecule has 0 unspecified atom stereocenters. The van der Waals surface area contributed by atoms with Crippen molar-refractivity contribution in [1.29, 1.82) is 0 Å². The van der Waals surface area contributed by atoms with Gasteiger partial charge in [0.2, 0.25) is 0 Å². The van der Waals surface area contributed by atoms with Crippen LogP contribution in [0.4, 0.5) is 5.69 Å². The van der Waals surface area contributed by atoms with E-state index in [0.717, 1.165) is 12.8 Å². The molecule has 0 spiro atoms. The van der Waals surface area contributed by atoms with E-state index in [9.17, 15) is 9.90 Å². The number of aromatic carboxylic acids is 1. The number of carbonyl (C=O) groups is 1. The van der Waals surface area contributed by atoms with Crippen LogP contribution < -0.4 is 4.90 Å².